The highest BCUT2D eigenvalue weighted by molar-refractivity contribution is 6.31. The standard InChI is InChI=1S/C10H13ClN2O3/c1-15-4-5-16-9-3-2-7(11)6-8(9)10(12)13-14/h2-3,6,14H,4-5H2,1H3,(H2,12,13). The molecule has 6 heteroatoms. The van der Waals surface area contributed by atoms with Gasteiger partial charge >= 0.3 is 0 Å². The van der Waals surface area contributed by atoms with E-state index in [-0.39, 0.29) is 5.84 Å². The third kappa shape index (κ3) is 3.29. The number of oxime groups is 1. The first-order valence-corrected chi connectivity index (χ1v) is 4.96. The van der Waals surface area contributed by atoms with Gasteiger partial charge in [0.25, 0.3) is 0 Å². The van der Waals surface area contributed by atoms with Crippen molar-refractivity contribution in [1.29, 1.82) is 0 Å². The first kappa shape index (κ1) is 12.6. The number of nitrogens with two attached hydrogens (primary N) is 1. The van der Waals surface area contributed by atoms with E-state index in [1.54, 1.807) is 25.3 Å². The maximum Gasteiger partial charge on any atom is 0.173 e. The van der Waals surface area contributed by atoms with Crippen LogP contribution in [0.15, 0.2) is 23.4 Å². The second-order valence-corrected chi connectivity index (χ2v) is 3.40. The molecule has 16 heavy (non-hydrogen) atoms. The summed E-state index contributed by atoms with van der Waals surface area (Å²) in [4.78, 5) is 0. The van der Waals surface area contributed by atoms with Gasteiger partial charge in [-0.15, -0.1) is 0 Å². The van der Waals surface area contributed by atoms with E-state index in [0.29, 0.717) is 29.5 Å². The van der Waals surface area contributed by atoms with Crippen LogP contribution in [-0.2, 0) is 4.74 Å². The van der Waals surface area contributed by atoms with Crippen LogP contribution >= 0.6 is 11.6 Å². The lowest BCUT2D eigenvalue weighted by Crippen LogP contribution is -2.16. The molecule has 0 heterocycles. The third-order valence-corrected chi connectivity index (χ3v) is 2.11. The highest BCUT2D eigenvalue weighted by atomic mass is 35.5. The molecular formula is C10H13ClN2O3. The number of amidine groups is 1. The highest BCUT2D eigenvalue weighted by Crippen LogP contribution is 2.22. The summed E-state index contributed by atoms with van der Waals surface area (Å²) in [6, 6.07) is 4.89. The van der Waals surface area contributed by atoms with Crippen LogP contribution < -0.4 is 10.5 Å². The number of hydrogen-bond acceptors (Lipinski definition) is 4. The molecule has 0 unspecified atom stereocenters. The van der Waals surface area contributed by atoms with Crippen molar-refractivity contribution >= 4 is 17.4 Å². The van der Waals surface area contributed by atoms with Gasteiger partial charge in [0.1, 0.15) is 12.4 Å². The molecule has 0 aromatic heterocycles. The van der Waals surface area contributed by atoms with Crippen molar-refractivity contribution in [3.8, 4) is 5.75 Å². The van der Waals surface area contributed by atoms with Crippen molar-refractivity contribution in [3.63, 3.8) is 0 Å². The average molecular weight is 245 g/mol. The maximum atomic E-state index is 8.61. The summed E-state index contributed by atoms with van der Waals surface area (Å²) in [7, 11) is 1.58. The fraction of sp³-hybridized carbons (Fsp3) is 0.300. The normalized spacial score (nSPS) is 11.5. The number of nitrogens with zero attached hydrogens (tertiary/aromatic N) is 1. The van der Waals surface area contributed by atoms with Crippen molar-refractivity contribution in [3.05, 3.63) is 28.8 Å². The largest absolute Gasteiger partial charge is 0.490 e. The Bertz CT molecular complexity index is 382. The fourth-order valence-electron chi connectivity index (χ4n) is 1.12. The molecule has 1 rings (SSSR count). The number of halogens is 1. The fourth-order valence-corrected chi connectivity index (χ4v) is 1.29. The molecule has 0 radical (unpaired) electrons. The molecule has 0 aliphatic carbocycles. The summed E-state index contributed by atoms with van der Waals surface area (Å²) in [6.07, 6.45) is 0. The molecule has 0 saturated carbocycles. The van der Waals surface area contributed by atoms with Gasteiger partial charge in [-0.05, 0) is 18.2 Å². The Labute approximate surface area is 98.4 Å². The lowest BCUT2D eigenvalue weighted by atomic mass is 10.2. The molecule has 3 N–H and O–H groups in total. The van der Waals surface area contributed by atoms with E-state index in [2.05, 4.69) is 5.16 Å². The van der Waals surface area contributed by atoms with E-state index in [9.17, 15) is 0 Å². The predicted molar refractivity (Wildman–Crippen MR) is 61.3 cm³/mol. The Hall–Kier alpha value is -1.46. The number of hydrogen-bond donors (Lipinski definition) is 2. The molecule has 0 amide bonds. The summed E-state index contributed by atoms with van der Waals surface area (Å²) < 4.78 is 10.3. The van der Waals surface area contributed by atoms with Crippen molar-refractivity contribution in [2.45, 2.75) is 0 Å². The Morgan fingerprint density at radius 3 is 2.88 bits per heavy atom. The van der Waals surface area contributed by atoms with Crippen LogP contribution in [0.1, 0.15) is 5.56 Å². The average Bonchev–Trinajstić information content (AvgIpc) is 2.30. The Kier molecular flexibility index (Phi) is 4.88. The SMILES string of the molecule is COCCOc1ccc(Cl)cc1C(N)=NO. The van der Waals surface area contributed by atoms with Gasteiger partial charge in [0, 0.05) is 12.1 Å². The van der Waals surface area contributed by atoms with Crippen LogP contribution in [0.2, 0.25) is 5.02 Å². The summed E-state index contributed by atoms with van der Waals surface area (Å²) >= 11 is 5.81. The molecule has 5 nitrogen and oxygen atoms in total. The predicted octanol–water partition coefficient (Wildman–Crippen LogP) is 1.46. The monoisotopic (exact) mass is 244 g/mol. The lowest BCUT2D eigenvalue weighted by Gasteiger charge is -2.10. The zero-order valence-corrected chi connectivity index (χ0v) is 9.57. The van der Waals surface area contributed by atoms with E-state index in [0.717, 1.165) is 0 Å². The van der Waals surface area contributed by atoms with Crippen molar-refractivity contribution < 1.29 is 14.7 Å². The minimum Gasteiger partial charge on any atom is -0.490 e. The van der Waals surface area contributed by atoms with Crippen molar-refractivity contribution in [1.82, 2.24) is 0 Å². The van der Waals surface area contributed by atoms with Gasteiger partial charge in [0.05, 0.1) is 12.2 Å². The van der Waals surface area contributed by atoms with Gasteiger partial charge in [-0.2, -0.15) is 0 Å². The minimum atomic E-state index is -0.0464. The van der Waals surface area contributed by atoms with E-state index < -0.39 is 0 Å². The smallest absolute Gasteiger partial charge is 0.173 e. The summed E-state index contributed by atoms with van der Waals surface area (Å²) in [5.74, 6) is 0.451. The molecule has 0 bridgehead atoms. The molecular weight excluding hydrogens is 232 g/mol. The zero-order valence-electron chi connectivity index (χ0n) is 8.81. The summed E-state index contributed by atoms with van der Waals surface area (Å²) in [5.41, 5.74) is 5.95. The quantitative estimate of drug-likeness (QED) is 0.270. The van der Waals surface area contributed by atoms with Crippen LogP contribution in [-0.4, -0.2) is 31.4 Å². The van der Waals surface area contributed by atoms with Crippen molar-refractivity contribution in [2.24, 2.45) is 10.9 Å². The topological polar surface area (TPSA) is 77.1 Å². The van der Waals surface area contributed by atoms with Crippen LogP contribution in [0, 0.1) is 0 Å². The molecule has 0 fully saturated rings. The number of methoxy groups -OCH3 is 1. The Morgan fingerprint density at radius 1 is 1.50 bits per heavy atom. The van der Waals surface area contributed by atoms with Gasteiger partial charge in [-0.3, -0.25) is 0 Å². The Morgan fingerprint density at radius 2 is 2.25 bits per heavy atom. The van der Waals surface area contributed by atoms with Crippen LogP contribution in [0.4, 0.5) is 0 Å². The molecule has 0 aliphatic heterocycles. The van der Waals surface area contributed by atoms with E-state index >= 15 is 0 Å². The van der Waals surface area contributed by atoms with Crippen LogP contribution in [0.5, 0.6) is 5.75 Å². The van der Waals surface area contributed by atoms with Gasteiger partial charge in [0.15, 0.2) is 5.84 Å². The van der Waals surface area contributed by atoms with Gasteiger partial charge < -0.3 is 20.4 Å². The number of rotatable bonds is 5. The second kappa shape index (κ2) is 6.19. The van der Waals surface area contributed by atoms with Crippen LogP contribution in [0.3, 0.4) is 0 Å². The van der Waals surface area contributed by atoms with Crippen LogP contribution in [0.25, 0.3) is 0 Å². The van der Waals surface area contributed by atoms with Crippen molar-refractivity contribution in [2.75, 3.05) is 20.3 Å². The molecule has 0 aliphatic rings. The first-order chi connectivity index (χ1) is 7.69. The lowest BCUT2D eigenvalue weighted by molar-refractivity contribution is 0.146. The van der Waals surface area contributed by atoms with E-state index in [1.165, 1.54) is 0 Å². The van der Waals surface area contributed by atoms with E-state index in [1.807, 2.05) is 0 Å². The zero-order chi connectivity index (χ0) is 12.0. The van der Waals surface area contributed by atoms with Gasteiger partial charge in [0.2, 0.25) is 0 Å². The summed E-state index contributed by atoms with van der Waals surface area (Å²) in [5, 5.41) is 12.0. The third-order valence-electron chi connectivity index (χ3n) is 1.87. The molecule has 1 aromatic rings. The molecule has 0 saturated heterocycles. The highest BCUT2D eigenvalue weighted by Gasteiger charge is 2.09. The van der Waals surface area contributed by atoms with E-state index in [4.69, 9.17) is 32.0 Å². The maximum absolute atomic E-state index is 8.61. The molecule has 1 aromatic carbocycles. The molecule has 0 spiro atoms. The number of ether oxygens (including phenoxy) is 2. The summed E-state index contributed by atoms with van der Waals surface area (Å²) in [6.45, 7) is 0.835. The van der Waals surface area contributed by atoms with Gasteiger partial charge in [-0.1, -0.05) is 16.8 Å². The molecule has 88 valence electrons. The second-order valence-electron chi connectivity index (χ2n) is 2.97. The minimum absolute atomic E-state index is 0.0464. The number of benzene rings is 1. The Balaban J connectivity index is 2.89. The first-order valence-electron chi connectivity index (χ1n) is 4.58. The molecule has 0 atom stereocenters. The van der Waals surface area contributed by atoms with Gasteiger partial charge in [-0.25, -0.2) is 0 Å².